The molecule has 1 fully saturated rings. The largest absolute Gasteiger partial charge is 0.481 e. The number of thiophene rings is 1. The van der Waals surface area contributed by atoms with Crippen molar-refractivity contribution in [1.82, 2.24) is 5.32 Å². The molecule has 0 bridgehead atoms. The average Bonchev–Trinajstić information content (AvgIpc) is 3.39. The molecule has 2 aliphatic carbocycles. The van der Waals surface area contributed by atoms with Gasteiger partial charge < -0.3 is 20.2 Å². The van der Waals surface area contributed by atoms with Gasteiger partial charge in [0.15, 0.2) is 0 Å². The predicted octanol–water partition coefficient (Wildman–Crippen LogP) is 4.23. The normalized spacial score (nSPS) is 23.1. The lowest BCUT2D eigenvalue weighted by Gasteiger charge is -2.27. The van der Waals surface area contributed by atoms with Crippen molar-refractivity contribution in [1.29, 1.82) is 0 Å². The molecule has 0 aliphatic heterocycles. The molecule has 7 nitrogen and oxygen atoms in total. The van der Waals surface area contributed by atoms with Crippen LogP contribution in [0.25, 0.3) is 0 Å². The van der Waals surface area contributed by atoms with Crippen LogP contribution in [0.4, 0.5) is 5.00 Å². The Kier molecular flexibility index (Phi) is 6.46. The first-order chi connectivity index (χ1) is 14.9. The van der Waals surface area contributed by atoms with Gasteiger partial charge in [0.05, 0.1) is 30.2 Å². The number of fused-ring (bicyclic) bond motifs is 1. The van der Waals surface area contributed by atoms with Crippen molar-refractivity contribution in [2.24, 2.45) is 17.8 Å². The van der Waals surface area contributed by atoms with Gasteiger partial charge in [0.25, 0.3) is 5.91 Å². The monoisotopic (exact) mass is 444 g/mol. The van der Waals surface area contributed by atoms with Gasteiger partial charge in [0, 0.05) is 4.88 Å². The van der Waals surface area contributed by atoms with E-state index in [1.54, 1.807) is 18.4 Å². The second-order valence-electron chi connectivity index (χ2n) is 8.64. The number of aliphatic carboxylic acids is 1. The van der Waals surface area contributed by atoms with E-state index in [0.717, 1.165) is 42.5 Å². The topological polar surface area (TPSA) is 109 Å². The summed E-state index contributed by atoms with van der Waals surface area (Å²) in [5.41, 5.74) is 1.53. The van der Waals surface area contributed by atoms with Gasteiger partial charge in [-0.25, -0.2) is 0 Å². The van der Waals surface area contributed by atoms with E-state index in [1.165, 1.54) is 11.3 Å². The summed E-state index contributed by atoms with van der Waals surface area (Å²) >= 11 is 1.46. The Morgan fingerprint density at radius 2 is 1.97 bits per heavy atom. The van der Waals surface area contributed by atoms with Crippen molar-refractivity contribution < 1.29 is 23.9 Å². The number of anilines is 1. The predicted molar refractivity (Wildman–Crippen MR) is 117 cm³/mol. The summed E-state index contributed by atoms with van der Waals surface area (Å²) in [4.78, 5) is 39.0. The third-order valence-electron chi connectivity index (χ3n) is 6.40. The Hall–Kier alpha value is -2.61. The highest BCUT2D eigenvalue weighted by atomic mass is 32.1. The maximum atomic E-state index is 13.1. The number of hydrogen-bond donors (Lipinski definition) is 3. The number of rotatable bonds is 6. The van der Waals surface area contributed by atoms with Crippen molar-refractivity contribution in [3.05, 3.63) is 40.2 Å². The van der Waals surface area contributed by atoms with Crippen LogP contribution in [0.2, 0.25) is 0 Å². The second kappa shape index (κ2) is 9.26. The fourth-order valence-corrected chi connectivity index (χ4v) is 6.10. The maximum Gasteiger partial charge on any atom is 0.307 e. The number of nitrogens with one attached hydrogen (secondary N) is 2. The highest BCUT2D eigenvalue weighted by Crippen LogP contribution is 2.40. The number of carboxylic acids is 1. The van der Waals surface area contributed by atoms with Crippen LogP contribution >= 0.6 is 11.3 Å². The molecule has 4 rings (SSSR count). The lowest BCUT2D eigenvalue weighted by atomic mass is 9.78. The Labute approximate surface area is 185 Å². The number of carbonyl (C=O) groups excluding carboxylic acids is 2. The lowest BCUT2D eigenvalue weighted by molar-refractivity contribution is -0.147. The number of carbonyl (C=O) groups is 3. The van der Waals surface area contributed by atoms with Crippen molar-refractivity contribution in [3.8, 4) is 0 Å². The van der Waals surface area contributed by atoms with Crippen LogP contribution in [0, 0.1) is 17.8 Å². The molecule has 8 heteroatoms. The van der Waals surface area contributed by atoms with Crippen LogP contribution in [0.3, 0.4) is 0 Å². The standard InChI is InChI=1S/C23H28N2O5S/c1-13-8-9-17-18(11-13)31-22(19(17)21(27)24-12-14-5-4-10-30-14)25-20(26)15-6-2-3-7-16(15)23(28)29/h4-5,10,13,15-16H,2-3,6-9,11-12H2,1H3,(H,24,27)(H,25,26)(H,28,29)/t13-,15-,16-/m0/s1. The molecule has 0 radical (unpaired) electrons. The van der Waals surface area contributed by atoms with Crippen molar-refractivity contribution >= 4 is 34.1 Å². The second-order valence-corrected chi connectivity index (χ2v) is 9.75. The molecule has 3 N–H and O–H groups in total. The molecule has 3 atom stereocenters. The molecule has 2 heterocycles. The summed E-state index contributed by atoms with van der Waals surface area (Å²) in [7, 11) is 0. The molecule has 2 aromatic rings. The van der Waals surface area contributed by atoms with Gasteiger partial charge >= 0.3 is 5.97 Å². The third-order valence-corrected chi connectivity index (χ3v) is 7.57. The first-order valence-electron chi connectivity index (χ1n) is 10.9. The van der Waals surface area contributed by atoms with Crippen molar-refractivity contribution in [2.45, 2.75) is 58.4 Å². The van der Waals surface area contributed by atoms with E-state index in [1.807, 2.05) is 0 Å². The lowest BCUT2D eigenvalue weighted by Crippen LogP contribution is -2.36. The van der Waals surface area contributed by atoms with Crippen LogP contribution in [-0.2, 0) is 29.0 Å². The smallest absolute Gasteiger partial charge is 0.307 e. The van der Waals surface area contributed by atoms with Gasteiger partial charge in [-0.05, 0) is 55.7 Å². The molecule has 2 amide bonds. The number of carboxylic acid groups (broad SMARTS) is 1. The first-order valence-corrected chi connectivity index (χ1v) is 11.7. The van der Waals surface area contributed by atoms with Gasteiger partial charge in [0.2, 0.25) is 5.91 Å². The van der Waals surface area contributed by atoms with Crippen LogP contribution < -0.4 is 10.6 Å². The van der Waals surface area contributed by atoms with Gasteiger partial charge in [0.1, 0.15) is 10.8 Å². The molecule has 31 heavy (non-hydrogen) atoms. The zero-order chi connectivity index (χ0) is 22.0. The fourth-order valence-electron chi connectivity index (χ4n) is 4.69. The van der Waals surface area contributed by atoms with Crippen LogP contribution in [-0.4, -0.2) is 22.9 Å². The van der Waals surface area contributed by atoms with Crippen LogP contribution in [0.1, 0.15) is 65.6 Å². The van der Waals surface area contributed by atoms with E-state index < -0.39 is 17.8 Å². The summed E-state index contributed by atoms with van der Waals surface area (Å²) in [6.45, 7) is 2.46. The number of furan rings is 1. The molecule has 1 saturated carbocycles. The van der Waals surface area contributed by atoms with E-state index in [9.17, 15) is 19.5 Å². The van der Waals surface area contributed by atoms with Crippen LogP contribution in [0.5, 0.6) is 0 Å². The summed E-state index contributed by atoms with van der Waals surface area (Å²) in [5.74, 6) is -1.50. The zero-order valence-corrected chi connectivity index (χ0v) is 18.4. The molecule has 166 valence electrons. The Morgan fingerprint density at radius 1 is 1.19 bits per heavy atom. The highest BCUT2D eigenvalue weighted by Gasteiger charge is 2.37. The Bertz CT molecular complexity index is 965. The van der Waals surface area contributed by atoms with E-state index in [2.05, 4.69) is 17.6 Å². The summed E-state index contributed by atoms with van der Waals surface area (Å²) in [6.07, 6.45) is 6.99. The highest BCUT2D eigenvalue weighted by molar-refractivity contribution is 7.17. The molecular formula is C23H28N2O5S. The minimum atomic E-state index is -0.921. The molecule has 0 unspecified atom stereocenters. The fraction of sp³-hybridized carbons (Fsp3) is 0.522. The number of amides is 2. The van der Waals surface area contributed by atoms with Gasteiger partial charge in [-0.1, -0.05) is 19.8 Å². The first kappa shape index (κ1) is 21.6. The van der Waals surface area contributed by atoms with Gasteiger partial charge in [-0.3, -0.25) is 14.4 Å². The van der Waals surface area contributed by atoms with E-state index in [-0.39, 0.29) is 18.4 Å². The van der Waals surface area contributed by atoms with Crippen LogP contribution in [0.15, 0.2) is 22.8 Å². The number of hydrogen-bond acceptors (Lipinski definition) is 5. The molecule has 0 aromatic carbocycles. The molecule has 2 aliphatic rings. The molecule has 2 aromatic heterocycles. The van der Waals surface area contributed by atoms with Crippen molar-refractivity contribution in [3.63, 3.8) is 0 Å². The summed E-state index contributed by atoms with van der Waals surface area (Å²) in [6, 6.07) is 3.56. The van der Waals surface area contributed by atoms with Crippen molar-refractivity contribution in [2.75, 3.05) is 5.32 Å². The van der Waals surface area contributed by atoms with E-state index >= 15 is 0 Å². The SMILES string of the molecule is C[C@H]1CCc2c(sc(NC(=O)[C@H]3CCCC[C@@H]3C(=O)O)c2C(=O)NCc2ccco2)C1. The Balaban J connectivity index is 1.58. The molecule has 0 spiro atoms. The minimum Gasteiger partial charge on any atom is -0.481 e. The molecule has 0 saturated heterocycles. The minimum absolute atomic E-state index is 0.239. The van der Waals surface area contributed by atoms with E-state index in [0.29, 0.717) is 35.1 Å². The summed E-state index contributed by atoms with van der Waals surface area (Å²) in [5, 5.41) is 15.9. The Morgan fingerprint density at radius 3 is 2.68 bits per heavy atom. The van der Waals surface area contributed by atoms with Gasteiger partial charge in [-0.15, -0.1) is 11.3 Å². The van der Waals surface area contributed by atoms with E-state index in [4.69, 9.17) is 4.42 Å². The zero-order valence-electron chi connectivity index (χ0n) is 17.6. The summed E-state index contributed by atoms with van der Waals surface area (Å²) < 4.78 is 5.30. The maximum absolute atomic E-state index is 13.1. The quantitative estimate of drug-likeness (QED) is 0.618. The molecular weight excluding hydrogens is 416 g/mol. The third kappa shape index (κ3) is 4.69. The van der Waals surface area contributed by atoms with Gasteiger partial charge in [-0.2, -0.15) is 0 Å². The average molecular weight is 445 g/mol.